The Bertz CT molecular complexity index is 747. The van der Waals surface area contributed by atoms with Crippen LogP contribution in [0.3, 0.4) is 0 Å². The van der Waals surface area contributed by atoms with Gasteiger partial charge in [-0.25, -0.2) is 0 Å². The Balaban J connectivity index is 1.61. The van der Waals surface area contributed by atoms with Crippen LogP contribution in [0.2, 0.25) is 0 Å². The standard InChI is InChI=1S/C21H29N3O4/c1-15-19(16(2)28-23-15)8-9-21(25)22-14-20(24-10-12-27-13-11-24)17-4-6-18(26-3)7-5-17/h4-7,20H,8-14H2,1-3H3,(H,22,25). The van der Waals surface area contributed by atoms with Crippen molar-refractivity contribution in [1.29, 1.82) is 0 Å². The summed E-state index contributed by atoms with van der Waals surface area (Å²) in [6.45, 7) is 7.48. The number of ether oxygens (including phenoxy) is 2. The van der Waals surface area contributed by atoms with Gasteiger partial charge in [0, 0.05) is 31.6 Å². The zero-order valence-corrected chi connectivity index (χ0v) is 16.9. The molecule has 1 aliphatic rings. The molecule has 2 aromatic rings. The summed E-state index contributed by atoms with van der Waals surface area (Å²) in [6, 6.07) is 8.16. The Labute approximate surface area is 166 Å². The van der Waals surface area contributed by atoms with Gasteiger partial charge >= 0.3 is 0 Å². The van der Waals surface area contributed by atoms with Crippen LogP contribution < -0.4 is 10.1 Å². The zero-order valence-electron chi connectivity index (χ0n) is 16.9. The van der Waals surface area contributed by atoms with Gasteiger partial charge in [-0.15, -0.1) is 0 Å². The molecular formula is C21H29N3O4. The van der Waals surface area contributed by atoms with Crippen molar-refractivity contribution in [3.8, 4) is 5.75 Å². The molecule has 0 spiro atoms. The van der Waals surface area contributed by atoms with Crippen LogP contribution in [0.15, 0.2) is 28.8 Å². The highest BCUT2D eigenvalue weighted by molar-refractivity contribution is 5.76. The van der Waals surface area contributed by atoms with Crippen LogP contribution in [0.1, 0.15) is 35.0 Å². The molecule has 1 atom stereocenters. The number of hydrogen-bond donors (Lipinski definition) is 1. The molecule has 1 aromatic carbocycles. The highest BCUT2D eigenvalue weighted by Gasteiger charge is 2.23. The highest BCUT2D eigenvalue weighted by Crippen LogP contribution is 2.24. The molecule has 1 amide bonds. The quantitative estimate of drug-likeness (QED) is 0.750. The number of hydrogen-bond acceptors (Lipinski definition) is 6. The first-order valence-corrected chi connectivity index (χ1v) is 9.72. The minimum absolute atomic E-state index is 0.0340. The normalized spacial score (nSPS) is 16.0. The van der Waals surface area contributed by atoms with Gasteiger partial charge in [0.2, 0.25) is 5.91 Å². The summed E-state index contributed by atoms with van der Waals surface area (Å²) in [6.07, 6.45) is 1.05. The van der Waals surface area contributed by atoms with E-state index in [1.165, 1.54) is 0 Å². The average Bonchev–Trinajstić information content (AvgIpc) is 3.05. The lowest BCUT2D eigenvalue weighted by Gasteiger charge is -2.35. The summed E-state index contributed by atoms with van der Waals surface area (Å²) in [5.41, 5.74) is 3.04. The van der Waals surface area contributed by atoms with Crippen LogP contribution >= 0.6 is 0 Å². The second-order valence-electron chi connectivity index (χ2n) is 7.04. The third-order valence-electron chi connectivity index (χ3n) is 5.26. The number of aromatic nitrogens is 1. The Morgan fingerprint density at radius 2 is 1.96 bits per heavy atom. The van der Waals surface area contributed by atoms with Gasteiger partial charge in [0.1, 0.15) is 11.5 Å². The lowest BCUT2D eigenvalue weighted by Crippen LogP contribution is -2.43. The van der Waals surface area contributed by atoms with Crippen molar-refractivity contribution in [3.63, 3.8) is 0 Å². The Morgan fingerprint density at radius 1 is 1.25 bits per heavy atom. The maximum absolute atomic E-state index is 12.5. The van der Waals surface area contributed by atoms with Gasteiger partial charge in [-0.2, -0.15) is 0 Å². The first-order chi connectivity index (χ1) is 13.6. The fourth-order valence-electron chi connectivity index (χ4n) is 3.57. The lowest BCUT2D eigenvalue weighted by molar-refractivity contribution is -0.121. The maximum Gasteiger partial charge on any atom is 0.220 e. The van der Waals surface area contributed by atoms with E-state index in [0.717, 1.165) is 41.4 Å². The van der Waals surface area contributed by atoms with Crippen molar-refractivity contribution < 1.29 is 18.8 Å². The second-order valence-corrected chi connectivity index (χ2v) is 7.04. The van der Waals surface area contributed by atoms with Gasteiger partial charge < -0.3 is 19.3 Å². The molecule has 0 saturated carbocycles. The van der Waals surface area contributed by atoms with Gasteiger partial charge in [0.15, 0.2) is 0 Å². The molecule has 1 saturated heterocycles. The van der Waals surface area contributed by atoms with Gasteiger partial charge in [0.05, 0.1) is 32.1 Å². The number of nitrogens with zero attached hydrogens (tertiary/aromatic N) is 2. The number of morpholine rings is 1. The number of aryl methyl sites for hydroxylation is 2. The number of nitrogens with one attached hydrogen (secondary N) is 1. The van der Waals surface area contributed by atoms with Crippen LogP contribution in [0.25, 0.3) is 0 Å². The van der Waals surface area contributed by atoms with Crippen molar-refractivity contribution in [2.45, 2.75) is 32.7 Å². The fourth-order valence-corrected chi connectivity index (χ4v) is 3.57. The van der Waals surface area contributed by atoms with Crippen molar-refractivity contribution in [2.75, 3.05) is 40.0 Å². The van der Waals surface area contributed by atoms with E-state index in [4.69, 9.17) is 14.0 Å². The minimum Gasteiger partial charge on any atom is -0.497 e. The molecule has 0 bridgehead atoms. The number of methoxy groups -OCH3 is 1. The smallest absolute Gasteiger partial charge is 0.220 e. The monoisotopic (exact) mass is 387 g/mol. The van der Waals surface area contributed by atoms with Crippen LogP contribution in [-0.4, -0.2) is 55.9 Å². The van der Waals surface area contributed by atoms with Crippen molar-refractivity contribution in [2.24, 2.45) is 0 Å². The maximum atomic E-state index is 12.5. The van der Waals surface area contributed by atoms with Crippen LogP contribution in [-0.2, 0) is 16.0 Å². The number of carbonyl (C=O) groups excluding carboxylic acids is 1. The summed E-state index contributed by atoms with van der Waals surface area (Å²) in [4.78, 5) is 14.8. The molecule has 1 aromatic heterocycles. The molecule has 2 heterocycles. The molecule has 0 radical (unpaired) electrons. The predicted molar refractivity (Wildman–Crippen MR) is 105 cm³/mol. The van der Waals surface area contributed by atoms with Gasteiger partial charge in [-0.3, -0.25) is 9.69 Å². The zero-order chi connectivity index (χ0) is 19.9. The van der Waals surface area contributed by atoms with Crippen LogP contribution in [0.4, 0.5) is 0 Å². The van der Waals surface area contributed by atoms with E-state index < -0.39 is 0 Å². The molecule has 1 unspecified atom stereocenters. The van der Waals surface area contributed by atoms with Crippen molar-refractivity contribution >= 4 is 5.91 Å². The first kappa shape index (κ1) is 20.4. The summed E-state index contributed by atoms with van der Waals surface area (Å²) in [5.74, 6) is 1.65. The highest BCUT2D eigenvalue weighted by atomic mass is 16.5. The van der Waals surface area contributed by atoms with E-state index in [1.807, 2.05) is 26.0 Å². The largest absolute Gasteiger partial charge is 0.497 e. The fraction of sp³-hybridized carbons (Fsp3) is 0.524. The van der Waals surface area contributed by atoms with Crippen LogP contribution in [0, 0.1) is 13.8 Å². The molecule has 152 valence electrons. The van der Waals surface area contributed by atoms with Crippen LogP contribution in [0.5, 0.6) is 5.75 Å². The van der Waals surface area contributed by atoms with Gasteiger partial charge in [-0.05, 0) is 38.0 Å². The number of amides is 1. The topological polar surface area (TPSA) is 76.8 Å². The SMILES string of the molecule is COc1ccc(C(CNC(=O)CCc2c(C)noc2C)N2CCOCC2)cc1. The van der Waals surface area contributed by atoms with E-state index in [1.54, 1.807) is 7.11 Å². The summed E-state index contributed by atoms with van der Waals surface area (Å²) in [7, 11) is 1.66. The molecule has 1 N–H and O–H groups in total. The second kappa shape index (κ2) is 9.71. The van der Waals surface area contributed by atoms with Crippen molar-refractivity contribution in [3.05, 3.63) is 46.8 Å². The number of benzene rings is 1. The molecule has 7 heteroatoms. The lowest BCUT2D eigenvalue weighted by atomic mass is 10.0. The molecule has 3 rings (SSSR count). The van der Waals surface area contributed by atoms with Gasteiger partial charge in [-0.1, -0.05) is 17.3 Å². The van der Waals surface area contributed by atoms with Gasteiger partial charge in [0.25, 0.3) is 0 Å². The third kappa shape index (κ3) is 5.11. The molecule has 1 aliphatic heterocycles. The third-order valence-corrected chi connectivity index (χ3v) is 5.26. The number of carbonyl (C=O) groups is 1. The predicted octanol–water partition coefficient (Wildman–Crippen LogP) is 2.42. The van der Waals surface area contributed by atoms with E-state index in [0.29, 0.717) is 32.6 Å². The Morgan fingerprint density at radius 3 is 2.57 bits per heavy atom. The average molecular weight is 387 g/mol. The Hall–Kier alpha value is -2.38. The van der Waals surface area contributed by atoms with E-state index >= 15 is 0 Å². The molecule has 0 aliphatic carbocycles. The molecule has 7 nitrogen and oxygen atoms in total. The summed E-state index contributed by atoms with van der Waals surface area (Å²) < 4.78 is 15.9. The number of rotatable bonds is 8. The Kier molecular flexibility index (Phi) is 7.06. The first-order valence-electron chi connectivity index (χ1n) is 9.72. The molecular weight excluding hydrogens is 358 g/mol. The molecule has 1 fully saturated rings. The van der Waals surface area contributed by atoms with E-state index in [2.05, 4.69) is 27.5 Å². The minimum atomic E-state index is 0.0340. The van der Waals surface area contributed by atoms with E-state index in [-0.39, 0.29) is 11.9 Å². The van der Waals surface area contributed by atoms with E-state index in [9.17, 15) is 4.79 Å². The molecule has 28 heavy (non-hydrogen) atoms. The van der Waals surface area contributed by atoms with Crippen molar-refractivity contribution in [1.82, 2.24) is 15.4 Å². The summed E-state index contributed by atoms with van der Waals surface area (Å²) >= 11 is 0. The summed E-state index contributed by atoms with van der Waals surface area (Å²) in [5, 5.41) is 7.05.